The first-order valence-corrected chi connectivity index (χ1v) is 5.99. The molecule has 0 radical (unpaired) electrons. The lowest BCUT2D eigenvalue weighted by atomic mass is 10.2. The summed E-state index contributed by atoms with van der Waals surface area (Å²) < 4.78 is 13.2. The minimum absolute atomic E-state index is 0.220. The van der Waals surface area contributed by atoms with Gasteiger partial charge in [0.1, 0.15) is 5.82 Å². The average molecular weight is 331 g/mol. The van der Waals surface area contributed by atoms with E-state index in [9.17, 15) is 9.18 Å². The first-order valence-electron chi connectivity index (χ1n) is 4.82. The highest BCUT2D eigenvalue weighted by Crippen LogP contribution is 2.17. The molecular weight excluding hydrogens is 324 g/mol. The zero-order chi connectivity index (χ0) is 13.1. The van der Waals surface area contributed by atoms with Crippen LogP contribution in [0.1, 0.15) is 10.4 Å². The average Bonchev–Trinajstić information content (AvgIpc) is 2.35. The number of hydrogen-bond acceptors (Lipinski definition) is 3. The molecule has 2 aromatic rings. The second-order valence-electron chi connectivity index (χ2n) is 3.32. The summed E-state index contributed by atoms with van der Waals surface area (Å²) in [5.74, 6) is -0.574. The molecule has 1 aromatic heterocycles. The van der Waals surface area contributed by atoms with Gasteiger partial charge in [0, 0.05) is 5.56 Å². The molecule has 1 N–H and O–H groups in total. The van der Waals surface area contributed by atoms with Gasteiger partial charge in [-0.25, -0.2) is 4.39 Å². The van der Waals surface area contributed by atoms with Crippen molar-refractivity contribution in [3.05, 3.63) is 51.3 Å². The number of halogens is 3. The maximum atomic E-state index is 13.0. The zero-order valence-corrected chi connectivity index (χ0v) is 11.2. The minimum Gasteiger partial charge on any atom is -0.305 e. The fourth-order valence-electron chi connectivity index (χ4n) is 1.21. The predicted molar refractivity (Wildman–Crippen MR) is 69.1 cm³/mol. The highest BCUT2D eigenvalue weighted by atomic mass is 79.9. The van der Waals surface area contributed by atoms with E-state index in [0.717, 1.165) is 0 Å². The molecule has 0 saturated heterocycles. The Kier molecular flexibility index (Phi) is 3.88. The van der Waals surface area contributed by atoms with Gasteiger partial charge in [-0.1, -0.05) is 11.6 Å². The van der Waals surface area contributed by atoms with Crippen LogP contribution in [0.15, 0.2) is 34.8 Å². The Morgan fingerprint density at radius 2 is 2.06 bits per heavy atom. The van der Waals surface area contributed by atoms with Gasteiger partial charge in [0.05, 0.1) is 4.47 Å². The fraction of sp³-hybridized carbons (Fsp3) is 0. The van der Waals surface area contributed by atoms with Gasteiger partial charge >= 0.3 is 0 Å². The van der Waals surface area contributed by atoms with E-state index < -0.39 is 11.7 Å². The molecule has 0 aliphatic heterocycles. The molecule has 0 spiro atoms. The lowest BCUT2D eigenvalue weighted by molar-refractivity contribution is 0.102. The van der Waals surface area contributed by atoms with Crippen LogP contribution in [0.2, 0.25) is 5.15 Å². The first kappa shape index (κ1) is 12.9. The van der Waals surface area contributed by atoms with Crippen molar-refractivity contribution in [2.45, 2.75) is 0 Å². The summed E-state index contributed by atoms with van der Waals surface area (Å²) in [6, 6.07) is 6.98. The SMILES string of the molecule is O=C(Nc1ccc(Cl)nn1)c1ccc(F)c(Br)c1. The maximum absolute atomic E-state index is 13.0. The van der Waals surface area contributed by atoms with E-state index in [2.05, 4.69) is 31.4 Å². The molecule has 92 valence electrons. The summed E-state index contributed by atoms with van der Waals surface area (Å²) in [5, 5.41) is 10.0. The topological polar surface area (TPSA) is 54.9 Å². The molecule has 1 amide bonds. The van der Waals surface area contributed by atoms with E-state index in [-0.39, 0.29) is 15.4 Å². The first-order chi connectivity index (χ1) is 8.56. The number of carbonyl (C=O) groups is 1. The standard InChI is InChI=1S/C11H6BrClFN3O/c12-7-5-6(1-2-8(7)14)11(18)15-10-4-3-9(13)16-17-10/h1-5H,(H,15,17,18). The number of rotatable bonds is 2. The third-order valence-corrected chi connectivity index (χ3v) is 2.86. The van der Waals surface area contributed by atoms with Crippen molar-refractivity contribution in [2.24, 2.45) is 0 Å². The van der Waals surface area contributed by atoms with Crippen LogP contribution in [-0.4, -0.2) is 16.1 Å². The summed E-state index contributed by atoms with van der Waals surface area (Å²) in [7, 11) is 0. The molecular formula is C11H6BrClFN3O. The number of amides is 1. The van der Waals surface area contributed by atoms with Crippen molar-refractivity contribution < 1.29 is 9.18 Å². The van der Waals surface area contributed by atoms with Gasteiger partial charge in [0.2, 0.25) is 0 Å². The molecule has 1 aromatic carbocycles. The van der Waals surface area contributed by atoms with Gasteiger partial charge in [-0.2, -0.15) is 0 Å². The third kappa shape index (κ3) is 3.02. The van der Waals surface area contributed by atoms with Crippen LogP contribution in [0, 0.1) is 5.82 Å². The van der Waals surface area contributed by atoms with Gasteiger partial charge in [0.15, 0.2) is 11.0 Å². The Labute approximate surface area is 115 Å². The van der Waals surface area contributed by atoms with Gasteiger partial charge < -0.3 is 5.32 Å². The molecule has 2 rings (SSSR count). The Bertz CT molecular complexity index is 591. The van der Waals surface area contributed by atoms with Crippen molar-refractivity contribution in [2.75, 3.05) is 5.32 Å². The summed E-state index contributed by atoms with van der Waals surface area (Å²) in [4.78, 5) is 11.8. The molecule has 0 aliphatic rings. The number of benzene rings is 1. The van der Waals surface area contributed by atoms with Crippen molar-refractivity contribution >= 4 is 39.3 Å². The molecule has 0 bridgehead atoms. The van der Waals surface area contributed by atoms with Crippen molar-refractivity contribution in [1.29, 1.82) is 0 Å². The number of carbonyl (C=O) groups excluding carboxylic acids is 1. The van der Waals surface area contributed by atoms with E-state index >= 15 is 0 Å². The lowest BCUT2D eigenvalue weighted by Gasteiger charge is -2.04. The van der Waals surface area contributed by atoms with E-state index in [1.54, 1.807) is 0 Å². The highest BCUT2D eigenvalue weighted by Gasteiger charge is 2.09. The van der Waals surface area contributed by atoms with E-state index in [1.165, 1.54) is 30.3 Å². The van der Waals surface area contributed by atoms with Gasteiger partial charge in [-0.3, -0.25) is 4.79 Å². The third-order valence-electron chi connectivity index (χ3n) is 2.06. The number of aromatic nitrogens is 2. The largest absolute Gasteiger partial charge is 0.305 e. The summed E-state index contributed by atoms with van der Waals surface area (Å²) in [5.41, 5.74) is 0.306. The molecule has 0 aliphatic carbocycles. The van der Waals surface area contributed by atoms with Crippen LogP contribution in [0.4, 0.5) is 10.2 Å². The van der Waals surface area contributed by atoms with Crippen molar-refractivity contribution in [3.8, 4) is 0 Å². The van der Waals surface area contributed by atoms with Gasteiger partial charge in [0.25, 0.3) is 5.91 Å². The van der Waals surface area contributed by atoms with Crippen molar-refractivity contribution in [3.63, 3.8) is 0 Å². The smallest absolute Gasteiger partial charge is 0.256 e. The maximum Gasteiger partial charge on any atom is 0.256 e. The van der Waals surface area contributed by atoms with Gasteiger partial charge in [-0.05, 0) is 46.3 Å². The molecule has 0 saturated carbocycles. The number of hydrogen-bond donors (Lipinski definition) is 1. The Morgan fingerprint density at radius 1 is 1.28 bits per heavy atom. The highest BCUT2D eigenvalue weighted by molar-refractivity contribution is 9.10. The Hall–Kier alpha value is -1.53. The molecule has 4 nitrogen and oxygen atoms in total. The Morgan fingerprint density at radius 3 is 2.67 bits per heavy atom. The van der Waals surface area contributed by atoms with Gasteiger partial charge in [-0.15, -0.1) is 10.2 Å². The van der Waals surface area contributed by atoms with E-state index in [1.807, 2.05) is 0 Å². The molecule has 0 fully saturated rings. The molecule has 0 unspecified atom stereocenters. The molecule has 1 heterocycles. The predicted octanol–water partition coefficient (Wildman–Crippen LogP) is 3.28. The monoisotopic (exact) mass is 329 g/mol. The summed E-state index contributed by atoms with van der Waals surface area (Å²) >= 11 is 8.58. The van der Waals surface area contributed by atoms with Crippen LogP contribution in [0.3, 0.4) is 0 Å². The fourth-order valence-corrected chi connectivity index (χ4v) is 1.69. The van der Waals surface area contributed by atoms with E-state index in [0.29, 0.717) is 5.56 Å². The number of nitrogens with zero attached hydrogens (tertiary/aromatic N) is 2. The normalized spacial score (nSPS) is 10.2. The second kappa shape index (κ2) is 5.41. The minimum atomic E-state index is -0.433. The number of anilines is 1. The van der Waals surface area contributed by atoms with Crippen LogP contribution in [-0.2, 0) is 0 Å². The second-order valence-corrected chi connectivity index (χ2v) is 4.57. The zero-order valence-electron chi connectivity index (χ0n) is 8.82. The van der Waals surface area contributed by atoms with Crippen LogP contribution in [0.25, 0.3) is 0 Å². The van der Waals surface area contributed by atoms with Crippen LogP contribution < -0.4 is 5.32 Å². The quantitative estimate of drug-likeness (QED) is 0.919. The Balaban J connectivity index is 2.16. The summed E-state index contributed by atoms with van der Waals surface area (Å²) in [6.07, 6.45) is 0. The molecule has 7 heteroatoms. The van der Waals surface area contributed by atoms with Crippen LogP contribution >= 0.6 is 27.5 Å². The van der Waals surface area contributed by atoms with Crippen LogP contribution in [0.5, 0.6) is 0 Å². The molecule has 18 heavy (non-hydrogen) atoms. The molecule has 0 atom stereocenters. The van der Waals surface area contributed by atoms with Crippen molar-refractivity contribution in [1.82, 2.24) is 10.2 Å². The lowest BCUT2D eigenvalue weighted by Crippen LogP contribution is -2.13. The number of nitrogens with one attached hydrogen (secondary N) is 1. The van der Waals surface area contributed by atoms with E-state index in [4.69, 9.17) is 11.6 Å². The summed E-state index contributed by atoms with van der Waals surface area (Å²) in [6.45, 7) is 0.